The number of nitrogens with zero attached hydrogens (tertiary/aromatic N) is 1. The number of nitrogens with one attached hydrogen (secondary N) is 1. The number of carbonyl (C=O) groups excluding carboxylic acids is 2. The van der Waals surface area contributed by atoms with E-state index in [2.05, 4.69) is 4.74 Å². The lowest BCUT2D eigenvalue weighted by Crippen LogP contribution is -2.22. The van der Waals surface area contributed by atoms with Gasteiger partial charge in [0.2, 0.25) is 0 Å². The van der Waals surface area contributed by atoms with Crippen LogP contribution in [0, 0.1) is 0 Å². The summed E-state index contributed by atoms with van der Waals surface area (Å²) >= 11 is 0. The normalized spacial score (nSPS) is 12.0. The first-order valence-electron chi connectivity index (χ1n) is 7.25. The molecular formula is C16H12F6N2O3. The summed E-state index contributed by atoms with van der Waals surface area (Å²) in [7, 11) is 1.54. The molecule has 0 unspecified atom stereocenters. The van der Waals surface area contributed by atoms with Gasteiger partial charge in [0.05, 0.1) is 11.1 Å². The first-order chi connectivity index (χ1) is 12.4. The van der Waals surface area contributed by atoms with Gasteiger partial charge in [-0.2, -0.15) is 26.3 Å². The molecule has 146 valence electrons. The molecule has 0 aliphatic carbocycles. The molecule has 1 amide bonds. The third-order valence-corrected chi connectivity index (χ3v) is 3.36. The first-order valence-corrected chi connectivity index (χ1v) is 7.25. The maximum Gasteiger partial charge on any atom is 0.416 e. The molecule has 0 saturated heterocycles. The summed E-state index contributed by atoms with van der Waals surface area (Å²) in [6.07, 6.45) is -8.54. The Kier molecular flexibility index (Phi) is 5.52. The molecule has 2 rings (SSSR count). The molecule has 0 fully saturated rings. The Morgan fingerprint density at radius 3 is 2.04 bits per heavy atom. The fraction of sp³-hybridized carbons (Fsp3) is 0.250. The van der Waals surface area contributed by atoms with Crippen molar-refractivity contribution in [2.45, 2.75) is 12.4 Å². The van der Waals surface area contributed by atoms with Crippen LogP contribution in [0.2, 0.25) is 0 Å². The predicted molar refractivity (Wildman–Crippen MR) is 80.8 cm³/mol. The molecule has 1 aromatic heterocycles. The van der Waals surface area contributed by atoms with Crippen molar-refractivity contribution in [3.8, 4) is 0 Å². The summed E-state index contributed by atoms with van der Waals surface area (Å²) in [6.45, 7) is -0.887. The summed E-state index contributed by atoms with van der Waals surface area (Å²) in [4.78, 5) is 23.5. The fourth-order valence-corrected chi connectivity index (χ4v) is 2.10. The highest BCUT2D eigenvalue weighted by Crippen LogP contribution is 2.37. The molecule has 1 heterocycles. The zero-order chi connectivity index (χ0) is 20.4. The van der Waals surface area contributed by atoms with Crippen molar-refractivity contribution >= 4 is 17.6 Å². The average molecular weight is 394 g/mol. The van der Waals surface area contributed by atoms with E-state index in [1.54, 1.807) is 0 Å². The second-order valence-corrected chi connectivity index (χ2v) is 5.42. The maximum absolute atomic E-state index is 12.8. The Bertz CT molecular complexity index is 822. The number of carbonyl (C=O) groups is 2. The van der Waals surface area contributed by atoms with Crippen LogP contribution < -0.4 is 5.32 Å². The largest absolute Gasteiger partial charge is 0.451 e. The Balaban J connectivity index is 2.12. The van der Waals surface area contributed by atoms with Gasteiger partial charge >= 0.3 is 18.3 Å². The van der Waals surface area contributed by atoms with Crippen molar-refractivity contribution in [1.82, 2.24) is 4.57 Å². The molecule has 0 saturated carbocycles. The summed E-state index contributed by atoms with van der Waals surface area (Å²) in [5.41, 5.74) is -3.76. The van der Waals surface area contributed by atoms with E-state index in [0.717, 1.165) is 0 Å². The quantitative estimate of drug-likeness (QED) is 0.633. The molecular weight excluding hydrogens is 382 g/mol. The highest BCUT2D eigenvalue weighted by atomic mass is 19.4. The van der Waals surface area contributed by atoms with E-state index in [4.69, 9.17) is 0 Å². The minimum atomic E-state index is -5.04. The Hall–Kier alpha value is -2.98. The Morgan fingerprint density at radius 1 is 1.04 bits per heavy atom. The lowest BCUT2D eigenvalue weighted by atomic mass is 10.1. The molecule has 1 N–H and O–H groups in total. The number of benzene rings is 1. The Labute approximate surface area is 148 Å². The van der Waals surface area contributed by atoms with E-state index in [-0.39, 0.29) is 11.8 Å². The number of halogens is 6. The van der Waals surface area contributed by atoms with Crippen LogP contribution >= 0.6 is 0 Å². The van der Waals surface area contributed by atoms with Gasteiger partial charge in [0.15, 0.2) is 6.61 Å². The van der Waals surface area contributed by atoms with E-state index < -0.39 is 47.7 Å². The van der Waals surface area contributed by atoms with Crippen molar-refractivity contribution in [3.05, 3.63) is 53.3 Å². The predicted octanol–water partition coefficient (Wildman–Crippen LogP) is 3.86. The third-order valence-electron chi connectivity index (χ3n) is 3.36. The van der Waals surface area contributed by atoms with Crippen LogP contribution in [0.15, 0.2) is 36.5 Å². The number of hydrogen-bond acceptors (Lipinski definition) is 3. The van der Waals surface area contributed by atoms with Gasteiger partial charge in [0.1, 0.15) is 5.69 Å². The van der Waals surface area contributed by atoms with Crippen molar-refractivity contribution in [3.63, 3.8) is 0 Å². The SMILES string of the molecule is Cn1cccc1C(=O)OCC(=O)Nc1cc(C(F)(F)F)cc(C(F)(F)F)c1. The Morgan fingerprint density at radius 2 is 1.59 bits per heavy atom. The van der Waals surface area contributed by atoms with Gasteiger partial charge in [-0.3, -0.25) is 4.79 Å². The smallest absolute Gasteiger partial charge is 0.416 e. The molecule has 2 aromatic rings. The zero-order valence-electron chi connectivity index (χ0n) is 13.6. The van der Waals surface area contributed by atoms with Crippen LogP contribution in [0.4, 0.5) is 32.0 Å². The fourth-order valence-electron chi connectivity index (χ4n) is 2.10. The van der Waals surface area contributed by atoms with Crippen LogP contribution in [0.3, 0.4) is 0 Å². The van der Waals surface area contributed by atoms with Crippen molar-refractivity contribution in [1.29, 1.82) is 0 Å². The van der Waals surface area contributed by atoms with E-state index in [9.17, 15) is 35.9 Å². The topological polar surface area (TPSA) is 60.3 Å². The standard InChI is InChI=1S/C16H12F6N2O3/c1-24-4-2-3-12(24)14(26)27-8-13(25)23-11-6-9(15(17,18)19)5-10(7-11)16(20,21)22/h2-7H,8H2,1H3,(H,23,25). The highest BCUT2D eigenvalue weighted by Gasteiger charge is 2.37. The molecule has 0 radical (unpaired) electrons. The van der Waals surface area contributed by atoms with Crippen LogP contribution in [-0.2, 0) is 28.9 Å². The minimum Gasteiger partial charge on any atom is -0.451 e. The van der Waals surface area contributed by atoms with E-state index in [1.807, 2.05) is 5.32 Å². The lowest BCUT2D eigenvalue weighted by Gasteiger charge is -2.14. The van der Waals surface area contributed by atoms with Crippen LogP contribution in [0.5, 0.6) is 0 Å². The number of anilines is 1. The van der Waals surface area contributed by atoms with Gasteiger partial charge in [0, 0.05) is 18.9 Å². The average Bonchev–Trinajstić information content (AvgIpc) is 2.97. The van der Waals surface area contributed by atoms with Crippen molar-refractivity contribution in [2.24, 2.45) is 7.05 Å². The van der Waals surface area contributed by atoms with Gasteiger partial charge in [-0.25, -0.2) is 4.79 Å². The van der Waals surface area contributed by atoms with Crippen LogP contribution in [0.1, 0.15) is 21.6 Å². The first kappa shape index (κ1) is 20.3. The van der Waals surface area contributed by atoms with Gasteiger partial charge in [-0.15, -0.1) is 0 Å². The molecule has 5 nitrogen and oxygen atoms in total. The number of aryl methyl sites for hydroxylation is 1. The number of esters is 1. The number of aromatic nitrogens is 1. The monoisotopic (exact) mass is 394 g/mol. The summed E-state index contributed by atoms with van der Waals surface area (Å²) in [5.74, 6) is -1.97. The van der Waals surface area contributed by atoms with Gasteiger partial charge < -0.3 is 14.6 Å². The number of alkyl halides is 6. The third kappa shape index (κ3) is 5.25. The summed E-state index contributed by atoms with van der Waals surface area (Å²) in [6, 6.07) is 3.59. The second-order valence-electron chi connectivity index (χ2n) is 5.42. The summed E-state index contributed by atoms with van der Waals surface area (Å²) < 4.78 is 82.7. The molecule has 0 aliphatic rings. The van der Waals surface area contributed by atoms with Gasteiger partial charge in [-0.05, 0) is 30.3 Å². The highest BCUT2D eigenvalue weighted by molar-refractivity contribution is 5.95. The second kappa shape index (κ2) is 7.33. The number of amides is 1. The number of hydrogen-bond donors (Lipinski definition) is 1. The number of ether oxygens (including phenoxy) is 1. The molecule has 27 heavy (non-hydrogen) atoms. The van der Waals surface area contributed by atoms with Crippen molar-refractivity contribution < 1.29 is 40.7 Å². The van der Waals surface area contributed by atoms with Gasteiger partial charge in [-0.1, -0.05) is 0 Å². The van der Waals surface area contributed by atoms with Crippen LogP contribution in [-0.4, -0.2) is 23.1 Å². The minimum absolute atomic E-state index is 0.0644. The molecule has 0 spiro atoms. The lowest BCUT2D eigenvalue weighted by molar-refractivity contribution is -0.143. The van der Waals surface area contributed by atoms with Crippen molar-refractivity contribution in [2.75, 3.05) is 11.9 Å². The molecule has 11 heteroatoms. The molecule has 0 aliphatic heterocycles. The molecule has 1 aromatic carbocycles. The zero-order valence-corrected chi connectivity index (χ0v) is 13.6. The van der Waals surface area contributed by atoms with Gasteiger partial charge in [0.25, 0.3) is 5.91 Å². The van der Waals surface area contributed by atoms with E-state index in [0.29, 0.717) is 12.1 Å². The van der Waals surface area contributed by atoms with E-state index in [1.165, 1.54) is 29.9 Å². The molecule has 0 bridgehead atoms. The van der Waals surface area contributed by atoms with E-state index >= 15 is 0 Å². The summed E-state index contributed by atoms with van der Waals surface area (Å²) in [5, 5.41) is 1.86. The molecule has 0 atom stereocenters. The maximum atomic E-state index is 12.8. The number of rotatable bonds is 4. The van der Waals surface area contributed by atoms with Crippen LogP contribution in [0.25, 0.3) is 0 Å².